The van der Waals surface area contributed by atoms with Crippen molar-refractivity contribution in [3.63, 3.8) is 0 Å². The number of nitrogens with two attached hydrogens (primary N) is 1. The van der Waals surface area contributed by atoms with Crippen LogP contribution in [0.2, 0.25) is 0 Å². The molecule has 1 atom stereocenters. The number of hydrogen-bond donors (Lipinski definition) is 1. The molecule has 0 spiro atoms. The molecule has 3 rings (SSSR count). The maximum atomic E-state index is 13.0. The van der Waals surface area contributed by atoms with Crippen LogP contribution in [0.1, 0.15) is 114 Å². The molecule has 1 aliphatic rings. The fourth-order valence-corrected chi connectivity index (χ4v) is 6.62. The molecule has 1 fully saturated rings. The van der Waals surface area contributed by atoms with E-state index in [1.807, 2.05) is 0 Å². The number of nitrogens with zero attached hydrogens (tertiary/aromatic N) is 1. The molecule has 2 aromatic carbocycles. The fraction of sp³-hybridized carbons (Fsp3) is 0.658. The Kier molecular flexibility index (Phi) is 21.5. The summed E-state index contributed by atoms with van der Waals surface area (Å²) in [6.07, 6.45) is 19.3. The lowest BCUT2D eigenvalue weighted by Gasteiger charge is -2.40. The number of para-hydroxylation sites is 1. The first-order chi connectivity index (χ1) is 21.0. The summed E-state index contributed by atoms with van der Waals surface area (Å²) < 4.78 is 11.5. The predicted molar refractivity (Wildman–Crippen MR) is 194 cm³/mol. The second kappa shape index (κ2) is 23.5. The maximum absolute atomic E-state index is 13.0. The average Bonchev–Trinajstić information content (AvgIpc) is 3.02. The molecule has 0 bridgehead atoms. The zero-order chi connectivity index (χ0) is 30.8. The molecule has 0 aliphatic carbocycles. The van der Waals surface area contributed by atoms with Crippen LogP contribution >= 0.6 is 24.8 Å². The number of methoxy groups -OCH3 is 1. The van der Waals surface area contributed by atoms with Crippen LogP contribution < -0.4 is 10.5 Å². The highest BCUT2D eigenvalue weighted by Crippen LogP contribution is 2.37. The molecule has 0 aromatic heterocycles. The topological polar surface area (TPSA) is 64.8 Å². The van der Waals surface area contributed by atoms with Gasteiger partial charge < -0.3 is 20.1 Å². The summed E-state index contributed by atoms with van der Waals surface area (Å²) in [5.74, 6) is 0.890. The van der Waals surface area contributed by atoms with E-state index in [1.165, 1.54) is 94.4 Å². The van der Waals surface area contributed by atoms with Crippen molar-refractivity contribution in [2.75, 3.05) is 33.4 Å². The Morgan fingerprint density at radius 2 is 1.36 bits per heavy atom. The molecule has 5 nitrogen and oxygen atoms in total. The zero-order valence-corrected chi connectivity index (χ0v) is 30.0. The summed E-state index contributed by atoms with van der Waals surface area (Å²) in [5.41, 5.74) is 9.88. The minimum Gasteiger partial charge on any atom is -0.493 e. The molecule has 0 saturated carbocycles. The molecule has 0 unspecified atom stereocenters. The normalized spacial score (nSPS) is 15.0. The summed E-state index contributed by atoms with van der Waals surface area (Å²) in [6.45, 7) is 7.69. The van der Waals surface area contributed by atoms with Crippen LogP contribution in [0, 0.1) is 12.3 Å². The number of piperidine rings is 1. The third-order valence-corrected chi connectivity index (χ3v) is 9.42. The summed E-state index contributed by atoms with van der Waals surface area (Å²) in [5, 5.41) is 0. The number of esters is 1. The van der Waals surface area contributed by atoms with Gasteiger partial charge in [0.1, 0.15) is 5.75 Å². The van der Waals surface area contributed by atoms with E-state index < -0.39 is 5.41 Å². The highest BCUT2D eigenvalue weighted by Gasteiger charge is 2.42. The van der Waals surface area contributed by atoms with Crippen molar-refractivity contribution >= 4 is 30.8 Å². The van der Waals surface area contributed by atoms with Crippen LogP contribution in [-0.2, 0) is 22.4 Å². The van der Waals surface area contributed by atoms with Crippen LogP contribution in [0.5, 0.6) is 5.75 Å². The van der Waals surface area contributed by atoms with Crippen molar-refractivity contribution in [1.82, 2.24) is 4.90 Å². The Balaban J connectivity index is 0.00000506. The van der Waals surface area contributed by atoms with Crippen LogP contribution in [-0.4, -0.2) is 50.3 Å². The van der Waals surface area contributed by atoms with Crippen molar-refractivity contribution in [1.29, 1.82) is 0 Å². The number of carbonyl (C=O) groups excluding carboxylic acids is 1. The minimum atomic E-state index is -0.463. The van der Waals surface area contributed by atoms with Gasteiger partial charge >= 0.3 is 5.97 Å². The van der Waals surface area contributed by atoms with Crippen LogP contribution in [0.3, 0.4) is 0 Å². The Morgan fingerprint density at radius 3 is 1.93 bits per heavy atom. The van der Waals surface area contributed by atoms with Gasteiger partial charge in [0.15, 0.2) is 0 Å². The molecular weight excluding hydrogens is 603 g/mol. The van der Waals surface area contributed by atoms with Crippen LogP contribution in [0.15, 0.2) is 48.5 Å². The largest absolute Gasteiger partial charge is 0.493 e. The number of carbonyl (C=O) groups is 1. The van der Waals surface area contributed by atoms with Gasteiger partial charge in [-0.15, -0.1) is 24.8 Å². The number of aryl methyl sites for hydroxylation is 1. The first-order valence-corrected chi connectivity index (χ1v) is 17.3. The van der Waals surface area contributed by atoms with Crippen molar-refractivity contribution in [2.45, 2.75) is 123 Å². The van der Waals surface area contributed by atoms with Crippen molar-refractivity contribution in [3.05, 3.63) is 65.2 Å². The highest BCUT2D eigenvalue weighted by molar-refractivity contribution is 5.85. The summed E-state index contributed by atoms with van der Waals surface area (Å²) in [6, 6.07) is 16.7. The number of ether oxygens (including phenoxy) is 2. The molecule has 0 radical (unpaired) electrons. The third kappa shape index (κ3) is 14.7. The first kappa shape index (κ1) is 41.2. The van der Waals surface area contributed by atoms with Gasteiger partial charge in [0.25, 0.3) is 0 Å². The van der Waals surface area contributed by atoms with Crippen LogP contribution in [0.4, 0.5) is 0 Å². The molecule has 45 heavy (non-hydrogen) atoms. The van der Waals surface area contributed by atoms with E-state index in [2.05, 4.69) is 67.3 Å². The molecule has 1 heterocycles. The number of unbranched alkanes of at least 4 members (excludes halogenated alkanes) is 11. The number of benzene rings is 2. The van der Waals surface area contributed by atoms with Gasteiger partial charge in [-0.1, -0.05) is 120 Å². The van der Waals surface area contributed by atoms with Gasteiger partial charge in [-0.25, -0.2) is 0 Å². The van der Waals surface area contributed by atoms with Gasteiger partial charge in [-0.05, 0) is 74.9 Å². The van der Waals surface area contributed by atoms with Crippen molar-refractivity contribution in [2.24, 2.45) is 11.1 Å². The van der Waals surface area contributed by atoms with Crippen molar-refractivity contribution < 1.29 is 14.3 Å². The first-order valence-electron chi connectivity index (χ1n) is 17.3. The zero-order valence-electron chi connectivity index (χ0n) is 28.4. The third-order valence-electron chi connectivity index (χ3n) is 9.42. The van der Waals surface area contributed by atoms with Crippen LogP contribution in [0.25, 0.3) is 0 Å². The smallest absolute Gasteiger partial charge is 0.312 e. The van der Waals surface area contributed by atoms with E-state index in [9.17, 15) is 4.79 Å². The Labute approximate surface area is 287 Å². The quantitative estimate of drug-likeness (QED) is 0.106. The molecular formula is C38H62Cl2N2O3. The van der Waals surface area contributed by atoms with Gasteiger partial charge in [-0.3, -0.25) is 4.79 Å². The van der Waals surface area contributed by atoms with Gasteiger partial charge in [0.05, 0.1) is 19.1 Å². The standard InChI is InChI=1S/C38H60N2O3.2ClH/c1-4-5-6-7-8-9-10-11-12-13-14-19-28-43-36-23-18-17-21-33(36)29-35(39)31-40-26-24-38(25-27-40,37(41)42-3)30-34-22-16-15-20-32(34)2;;/h15-18,20-23,35H,4-14,19,24-31,39H2,1-3H3;2*1H/t35-;;/m1../s1. The van der Waals surface area contributed by atoms with E-state index in [1.54, 1.807) is 0 Å². The second-order valence-corrected chi connectivity index (χ2v) is 13.0. The van der Waals surface area contributed by atoms with E-state index >= 15 is 0 Å². The lowest BCUT2D eigenvalue weighted by Crippen LogP contribution is -2.49. The summed E-state index contributed by atoms with van der Waals surface area (Å²) in [7, 11) is 1.52. The Bertz CT molecular complexity index is 1060. The number of hydrogen-bond acceptors (Lipinski definition) is 5. The van der Waals surface area contributed by atoms with E-state index in [0.29, 0.717) is 0 Å². The number of likely N-dealkylation sites (tertiary alicyclic amines) is 1. The molecule has 1 aliphatic heterocycles. The monoisotopic (exact) mass is 664 g/mol. The van der Waals surface area contributed by atoms with Gasteiger partial charge in [0.2, 0.25) is 0 Å². The highest BCUT2D eigenvalue weighted by atomic mass is 35.5. The summed E-state index contributed by atoms with van der Waals surface area (Å²) in [4.78, 5) is 15.4. The maximum Gasteiger partial charge on any atom is 0.312 e. The van der Waals surface area contributed by atoms with Crippen molar-refractivity contribution in [3.8, 4) is 5.75 Å². The Hall–Kier alpha value is -1.79. The predicted octanol–water partition coefficient (Wildman–Crippen LogP) is 9.29. The molecule has 7 heteroatoms. The lowest BCUT2D eigenvalue weighted by molar-refractivity contribution is -0.156. The molecule has 0 amide bonds. The lowest BCUT2D eigenvalue weighted by atomic mass is 9.73. The molecule has 256 valence electrons. The Morgan fingerprint density at radius 1 is 0.822 bits per heavy atom. The van der Waals surface area contributed by atoms with E-state index in [4.69, 9.17) is 15.2 Å². The molecule has 2 N–H and O–H groups in total. The van der Waals surface area contributed by atoms with Gasteiger partial charge in [0, 0.05) is 12.6 Å². The minimum absolute atomic E-state index is 0. The molecule has 1 saturated heterocycles. The molecule has 2 aromatic rings. The average molecular weight is 666 g/mol. The number of halogens is 2. The van der Waals surface area contributed by atoms with E-state index in [-0.39, 0.29) is 36.8 Å². The summed E-state index contributed by atoms with van der Waals surface area (Å²) >= 11 is 0. The van der Waals surface area contributed by atoms with Gasteiger partial charge in [-0.2, -0.15) is 0 Å². The SMILES string of the molecule is CCCCCCCCCCCCCCOc1ccccc1C[C@@H](N)CN1CCC(Cc2ccccc2C)(C(=O)OC)CC1.Cl.Cl. The number of rotatable bonds is 21. The van der Waals surface area contributed by atoms with E-state index in [0.717, 1.165) is 64.1 Å². The fourth-order valence-electron chi connectivity index (χ4n) is 6.62. The second-order valence-electron chi connectivity index (χ2n) is 13.0.